The van der Waals surface area contributed by atoms with Gasteiger partial charge in [-0.15, -0.1) is 0 Å². The number of rotatable bonds is 10. The molecule has 0 saturated heterocycles. The van der Waals surface area contributed by atoms with Crippen LogP contribution in [0.2, 0.25) is 0 Å². The van der Waals surface area contributed by atoms with Crippen LogP contribution >= 0.6 is 0 Å². The molecule has 0 amide bonds. The van der Waals surface area contributed by atoms with Crippen molar-refractivity contribution in [2.24, 2.45) is 0 Å². The van der Waals surface area contributed by atoms with Crippen molar-refractivity contribution in [1.82, 2.24) is 14.1 Å². The van der Waals surface area contributed by atoms with Gasteiger partial charge in [0.2, 0.25) is 0 Å². The second-order valence-electron chi connectivity index (χ2n) is 21.7. The molecule has 3 aromatic heterocycles. The minimum absolute atomic E-state index is 0.0244. The van der Waals surface area contributed by atoms with Gasteiger partial charge in [0, 0.05) is 40.1 Å². The molecule has 0 saturated carbocycles. The van der Waals surface area contributed by atoms with Gasteiger partial charge in [0.25, 0.3) is 6.33 Å². The lowest BCUT2D eigenvalue weighted by molar-refractivity contribution is -0.611. The number of imidazole rings is 1. The first-order chi connectivity index (χ1) is 32.9. The fourth-order valence-corrected chi connectivity index (χ4v) is 9.68. The highest BCUT2D eigenvalue weighted by atomic mass is 16.5. The lowest BCUT2D eigenvalue weighted by Gasteiger charge is -2.29. The maximum absolute atomic E-state index is 7.00. The van der Waals surface area contributed by atoms with Crippen molar-refractivity contribution in [3.05, 3.63) is 234 Å². The summed E-state index contributed by atoms with van der Waals surface area (Å²) in [5, 5.41) is 2.33. The van der Waals surface area contributed by atoms with Gasteiger partial charge in [0.15, 0.2) is 0 Å². The van der Waals surface area contributed by atoms with E-state index >= 15 is 0 Å². The number of aromatic nitrogens is 4. The highest BCUT2D eigenvalue weighted by molar-refractivity contribution is 6.09. The Morgan fingerprint density at radius 3 is 1.77 bits per heavy atom. The third kappa shape index (κ3) is 8.67. The smallest absolute Gasteiger partial charge is 0.269 e. The van der Waals surface area contributed by atoms with Crippen LogP contribution in [-0.2, 0) is 21.7 Å². The van der Waals surface area contributed by atoms with E-state index in [1.54, 1.807) is 0 Å². The molecule has 0 unspecified atom stereocenters. The van der Waals surface area contributed by atoms with Gasteiger partial charge in [0.1, 0.15) is 17.3 Å². The maximum Gasteiger partial charge on any atom is 0.269 e. The summed E-state index contributed by atoms with van der Waals surface area (Å²) < 4.78 is 13.7. The Morgan fingerprint density at radius 2 is 1.09 bits per heavy atom. The minimum Gasteiger partial charge on any atom is -0.458 e. The third-order valence-corrected chi connectivity index (χ3v) is 14.1. The summed E-state index contributed by atoms with van der Waals surface area (Å²) in [7, 11) is 0. The predicted molar refractivity (Wildman–Crippen MR) is 285 cm³/mol. The van der Waals surface area contributed by atoms with E-state index < -0.39 is 5.41 Å². The molecule has 344 valence electrons. The van der Waals surface area contributed by atoms with E-state index in [0.29, 0.717) is 0 Å². The molecule has 0 radical (unpaired) electrons. The van der Waals surface area contributed by atoms with Crippen molar-refractivity contribution in [3.63, 3.8) is 0 Å². The molecule has 3 heterocycles. The van der Waals surface area contributed by atoms with Crippen LogP contribution in [0.25, 0.3) is 50.1 Å². The molecule has 0 aliphatic rings. The first kappa shape index (κ1) is 45.3. The number of pyridine rings is 1. The van der Waals surface area contributed by atoms with Crippen molar-refractivity contribution in [2.75, 3.05) is 0 Å². The van der Waals surface area contributed by atoms with Gasteiger partial charge in [-0.1, -0.05) is 184 Å². The van der Waals surface area contributed by atoms with Crippen molar-refractivity contribution < 1.29 is 9.30 Å². The number of nitrogens with zero attached hydrogens (tertiary/aromatic N) is 4. The normalized spacial score (nSPS) is 12.5. The molecule has 0 atom stereocenters. The molecule has 5 heteroatoms. The summed E-state index contributed by atoms with van der Waals surface area (Å²) in [6.45, 7) is 22.8. The fourth-order valence-electron chi connectivity index (χ4n) is 9.68. The van der Waals surface area contributed by atoms with Crippen molar-refractivity contribution in [1.29, 1.82) is 0 Å². The summed E-state index contributed by atoms with van der Waals surface area (Å²) in [5.74, 6) is 2.39. The average Bonchev–Trinajstić information content (AvgIpc) is 3.95. The van der Waals surface area contributed by atoms with Crippen molar-refractivity contribution in [3.8, 4) is 39.8 Å². The average molecular weight is 903 g/mol. The zero-order valence-corrected chi connectivity index (χ0v) is 41.7. The van der Waals surface area contributed by atoms with E-state index in [2.05, 4.69) is 277 Å². The third-order valence-electron chi connectivity index (χ3n) is 14.1. The first-order valence-corrected chi connectivity index (χ1v) is 24.2. The van der Waals surface area contributed by atoms with Crippen LogP contribution in [0, 0.1) is 6.33 Å². The minimum atomic E-state index is -0.406. The van der Waals surface area contributed by atoms with Crippen LogP contribution in [0.4, 0.5) is 0 Å². The zero-order valence-electron chi connectivity index (χ0n) is 41.7. The molecule has 5 nitrogen and oxygen atoms in total. The van der Waals surface area contributed by atoms with Crippen LogP contribution in [0.5, 0.6) is 11.5 Å². The molecule has 0 fully saturated rings. The summed E-state index contributed by atoms with van der Waals surface area (Å²) in [5.41, 5.74) is 12.8. The van der Waals surface area contributed by atoms with Gasteiger partial charge < -0.3 is 4.74 Å². The predicted octanol–water partition coefficient (Wildman–Crippen LogP) is 15.8. The summed E-state index contributed by atoms with van der Waals surface area (Å²) >= 11 is 0. The van der Waals surface area contributed by atoms with E-state index in [4.69, 9.17) is 9.72 Å². The van der Waals surface area contributed by atoms with Gasteiger partial charge >= 0.3 is 0 Å². The second-order valence-corrected chi connectivity index (χ2v) is 21.7. The molecule has 10 aromatic rings. The Kier molecular flexibility index (Phi) is 11.3. The van der Waals surface area contributed by atoms with Crippen LogP contribution < -0.4 is 9.30 Å². The van der Waals surface area contributed by atoms with Gasteiger partial charge in [-0.25, -0.2) is 4.98 Å². The van der Waals surface area contributed by atoms with Gasteiger partial charge in [-0.2, -0.15) is 0 Å². The van der Waals surface area contributed by atoms with Crippen molar-refractivity contribution in [2.45, 2.75) is 90.9 Å². The van der Waals surface area contributed by atoms with Crippen LogP contribution in [0.15, 0.2) is 194 Å². The number of para-hydroxylation sites is 1. The second kappa shape index (κ2) is 17.2. The standard InChI is InChI=1S/C64H62N4O/c1-61(2,3)48-32-33-65-60(39-48)68-57-29-21-20-28-55(57)56-31-30-53(41-58(56)68)69-54-38-49(62(4,5)6)36-51(40-54)66-42-59(64(9,10)47-26-18-13-19-27-47)67(43-66)52-35-45(44-22-14-11-15-23-44)34-50(37-52)63(7,8)46-24-16-12-17-25-46/h11-42H,1-10H3. The van der Waals surface area contributed by atoms with Crippen molar-refractivity contribution >= 4 is 21.8 Å². The lowest BCUT2D eigenvalue weighted by atomic mass is 9.77. The maximum atomic E-state index is 7.00. The molecule has 0 spiro atoms. The number of fused-ring (bicyclic) bond motifs is 3. The number of hydrogen-bond acceptors (Lipinski definition) is 2. The van der Waals surface area contributed by atoms with E-state index in [9.17, 15) is 0 Å². The molecule has 0 aliphatic heterocycles. The number of ether oxygens (including phenoxy) is 1. The monoisotopic (exact) mass is 902 g/mol. The van der Waals surface area contributed by atoms with Crippen LogP contribution in [0.1, 0.15) is 103 Å². The Morgan fingerprint density at radius 1 is 0.464 bits per heavy atom. The fraction of sp³-hybridized carbons (Fsp3) is 0.219. The highest BCUT2D eigenvalue weighted by Gasteiger charge is 2.31. The number of hydrogen-bond donors (Lipinski definition) is 0. The Balaban J connectivity index is 1.14. The quantitative estimate of drug-likeness (QED) is 0.101. The van der Waals surface area contributed by atoms with E-state index in [1.807, 2.05) is 6.20 Å². The molecular formula is C64H62N4O. The zero-order chi connectivity index (χ0) is 48.3. The van der Waals surface area contributed by atoms with Gasteiger partial charge in [0.05, 0.1) is 28.1 Å². The van der Waals surface area contributed by atoms with Gasteiger partial charge in [-0.05, 0) is 110 Å². The summed E-state index contributed by atoms with van der Waals surface area (Å²) in [6, 6.07) is 65.3. The van der Waals surface area contributed by atoms with Crippen LogP contribution in [0.3, 0.4) is 0 Å². The van der Waals surface area contributed by atoms with E-state index in [1.165, 1.54) is 33.2 Å². The summed E-state index contributed by atoms with van der Waals surface area (Å²) in [4.78, 5) is 4.92. The first-order valence-electron chi connectivity index (χ1n) is 24.2. The number of benzene rings is 7. The molecule has 0 bridgehead atoms. The van der Waals surface area contributed by atoms with E-state index in [0.717, 1.165) is 61.9 Å². The van der Waals surface area contributed by atoms with Crippen LogP contribution in [-0.4, -0.2) is 14.1 Å². The van der Waals surface area contributed by atoms with E-state index in [-0.39, 0.29) is 16.2 Å². The Bertz CT molecular complexity index is 3470. The molecule has 0 aliphatic carbocycles. The largest absolute Gasteiger partial charge is 0.458 e. The lowest BCUT2D eigenvalue weighted by Crippen LogP contribution is -2.41. The van der Waals surface area contributed by atoms with Gasteiger partial charge in [-0.3, -0.25) is 13.7 Å². The molecule has 10 rings (SSSR count). The molecule has 0 N–H and O–H groups in total. The Labute approximate surface area is 408 Å². The molecule has 7 aromatic carbocycles. The molecule has 69 heavy (non-hydrogen) atoms. The SMILES string of the molecule is CC(C)(C)c1cc(Oc2ccc3c4ccccc4n(-c4cc(C(C)(C)C)ccn4)c3c2)cc(-n2[c-][n+](-c3cc(-c4ccccc4)cc(C(C)(C)c4ccccc4)c3)c(C(C)(C)c3ccccc3)c2)c1. The Hall–Kier alpha value is -7.50. The topological polar surface area (TPSA) is 35.9 Å². The highest BCUT2D eigenvalue weighted by Crippen LogP contribution is 2.40. The molecular weight excluding hydrogens is 841 g/mol. The summed E-state index contributed by atoms with van der Waals surface area (Å²) in [6.07, 6.45) is 8.09.